The summed E-state index contributed by atoms with van der Waals surface area (Å²) in [5, 5.41) is 9.99. The molecule has 0 radical (unpaired) electrons. The zero-order chi connectivity index (χ0) is 14.4. The van der Waals surface area contributed by atoms with Gasteiger partial charge in [0.25, 0.3) is 0 Å². The van der Waals surface area contributed by atoms with Gasteiger partial charge in [0, 0.05) is 12.5 Å². The normalized spacial score (nSPS) is 11.9. The van der Waals surface area contributed by atoms with Crippen LogP contribution in [0.5, 0.6) is 0 Å². The molecule has 0 amide bonds. The van der Waals surface area contributed by atoms with Crippen molar-refractivity contribution in [2.45, 2.75) is 25.1 Å². The Kier molecular flexibility index (Phi) is 5.69. The number of halogens is 2. The third-order valence-corrected chi connectivity index (χ3v) is 2.91. The fourth-order valence-corrected chi connectivity index (χ4v) is 1.75. The van der Waals surface area contributed by atoms with E-state index in [4.69, 9.17) is 16.3 Å². The highest BCUT2D eigenvalue weighted by atomic mass is 35.5. The highest BCUT2D eigenvalue weighted by molar-refractivity contribution is 6.20. The van der Waals surface area contributed by atoms with E-state index in [9.17, 15) is 19.3 Å². The van der Waals surface area contributed by atoms with Crippen molar-refractivity contribution in [1.82, 2.24) is 0 Å². The predicted molar refractivity (Wildman–Crippen MR) is 67.5 cm³/mol. The molecule has 0 fully saturated rings. The smallest absolute Gasteiger partial charge is 0.305 e. The molecule has 0 aromatic heterocycles. The average molecular weight is 290 g/mol. The Balaban J connectivity index is 2.72. The SMILES string of the molecule is CCOC(=O)CCC(Cl)c1ccc(F)c([N+](=O)[O-])c1. The van der Waals surface area contributed by atoms with Crippen LogP contribution in [0.1, 0.15) is 30.7 Å². The number of rotatable bonds is 6. The van der Waals surface area contributed by atoms with Crippen LogP contribution >= 0.6 is 11.6 Å². The van der Waals surface area contributed by atoms with Crippen molar-refractivity contribution in [3.05, 3.63) is 39.7 Å². The number of carbonyl (C=O) groups is 1. The summed E-state index contributed by atoms with van der Waals surface area (Å²) in [6.45, 7) is 1.98. The topological polar surface area (TPSA) is 69.4 Å². The number of hydrogen-bond donors (Lipinski definition) is 0. The lowest BCUT2D eigenvalue weighted by Gasteiger charge is -2.09. The Hall–Kier alpha value is -1.69. The molecule has 1 aromatic rings. The molecular formula is C12H13ClFNO4. The van der Waals surface area contributed by atoms with Crippen LogP contribution in [0.4, 0.5) is 10.1 Å². The molecule has 0 aliphatic carbocycles. The highest BCUT2D eigenvalue weighted by Gasteiger charge is 2.18. The van der Waals surface area contributed by atoms with Crippen molar-refractivity contribution in [3.8, 4) is 0 Å². The van der Waals surface area contributed by atoms with Gasteiger partial charge in [0.1, 0.15) is 0 Å². The molecule has 1 aromatic carbocycles. The Morgan fingerprint density at radius 1 is 1.58 bits per heavy atom. The number of ether oxygens (including phenoxy) is 1. The van der Waals surface area contributed by atoms with E-state index in [2.05, 4.69) is 0 Å². The van der Waals surface area contributed by atoms with Crippen LogP contribution in [0.25, 0.3) is 0 Å². The van der Waals surface area contributed by atoms with Crippen LogP contribution in [0.15, 0.2) is 18.2 Å². The van der Waals surface area contributed by atoms with Crippen molar-refractivity contribution < 1.29 is 18.8 Å². The molecule has 5 nitrogen and oxygen atoms in total. The summed E-state index contributed by atoms with van der Waals surface area (Å²) in [5.41, 5.74) is -0.224. The molecular weight excluding hydrogens is 277 g/mol. The van der Waals surface area contributed by atoms with Gasteiger partial charge >= 0.3 is 11.7 Å². The van der Waals surface area contributed by atoms with Crippen molar-refractivity contribution in [1.29, 1.82) is 0 Å². The standard InChI is InChI=1S/C12H13ClFNO4/c1-2-19-12(16)6-4-9(13)8-3-5-10(14)11(7-8)15(17)18/h3,5,7,9H,2,4,6H2,1H3. The quantitative estimate of drug-likeness (QED) is 0.348. The van der Waals surface area contributed by atoms with Gasteiger partial charge in [-0.2, -0.15) is 4.39 Å². The zero-order valence-corrected chi connectivity index (χ0v) is 11.0. The molecule has 0 aliphatic rings. The first-order chi connectivity index (χ1) is 8.95. The third kappa shape index (κ3) is 4.48. The predicted octanol–water partition coefficient (Wildman–Crippen LogP) is 3.36. The van der Waals surface area contributed by atoms with Crippen molar-refractivity contribution >= 4 is 23.3 Å². The van der Waals surface area contributed by atoms with Crippen LogP contribution < -0.4 is 0 Å². The van der Waals surface area contributed by atoms with E-state index >= 15 is 0 Å². The number of alkyl halides is 1. The van der Waals surface area contributed by atoms with Crippen LogP contribution in [-0.4, -0.2) is 17.5 Å². The van der Waals surface area contributed by atoms with E-state index in [1.807, 2.05) is 0 Å². The van der Waals surface area contributed by atoms with Gasteiger partial charge in [-0.05, 0) is 25.0 Å². The molecule has 1 unspecified atom stereocenters. The van der Waals surface area contributed by atoms with E-state index in [0.29, 0.717) is 5.56 Å². The maximum Gasteiger partial charge on any atom is 0.305 e. The molecule has 19 heavy (non-hydrogen) atoms. The minimum Gasteiger partial charge on any atom is -0.466 e. The van der Waals surface area contributed by atoms with Crippen molar-refractivity contribution in [2.75, 3.05) is 6.61 Å². The van der Waals surface area contributed by atoms with E-state index < -0.39 is 21.8 Å². The minimum atomic E-state index is -0.914. The second kappa shape index (κ2) is 7.04. The summed E-state index contributed by atoms with van der Waals surface area (Å²) in [7, 11) is 0. The van der Waals surface area contributed by atoms with Gasteiger partial charge in [0.15, 0.2) is 0 Å². The van der Waals surface area contributed by atoms with Crippen molar-refractivity contribution in [3.63, 3.8) is 0 Å². The van der Waals surface area contributed by atoms with Gasteiger partial charge in [0.05, 0.1) is 16.9 Å². The fourth-order valence-electron chi connectivity index (χ4n) is 1.51. The summed E-state index contributed by atoms with van der Waals surface area (Å²) in [5.74, 6) is -1.30. The maximum absolute atomic E-state index is 13.1. The van der Waals surface area contributed by atoms with Gasteiger partial charge in [0.2, 0.25) is 5.82 Å². The maximum atomic E-state index is 13.1. The van der Waals surface area contributed by atoms with E-state index in [-0.39, 0.29) is 25.4 Å². The Labute approximate surface area is 114 Å². The molecule has 1 rings (SSSR count). The number of nitrogens with zero attached hydrogens (tertiary/aromatic N) is 1. The second-order valence-corrected chi connectivity index (χ2v) is 4.31. The molecule has 0 saturated heterocycles. The van der Waals surface area contributed by atoms with Gasteiger partial charge in [-0.15, -0.1) is 11.6 Å². The third-order valence-electron chi connectivity index (χ3n) is 2.44. The molecule has 0 spiro atoms. The summed E-state index contributed by atoms with van der Waals surface area (Å²) in [6.07, 6.45) is 0.371. The van der Waals surface area contributed by atoms with E-state index in [1.54, 1.807) is 6.92 Å². The second-order valence-electron chi connectivity index (χ2n) is 3.78. The zero-order valence-electron chi connectivity index (χ0n) is 10.3. The van der Waals surface area contributed by atoms with Gasteiger partial charge in [-0.3, -0.25) is 14.9 Å². The van der Waals surface area contributed by atoms with Gasteiger partial charge in [-0.25, -0.2) is 0 Å². The molecule has 7 heteroatoms. The summed E-state index contributed by atoms with van der Waals surface area (Å²) in [4.78, 5) is 20.9. The summed E-state index contributed by atoms with van der Waals surface area (Å²) in [6, 6.07) is 3.44. The van der Waals surface area contributed by atoms with Gasteiger partial charge < -0.3 is 4.74 Å². The fraction of sp³-hybridized carbons (Fsp3) is 0.417. The minimum absolute atomic E-state index is 0.104. The summed E-state index contributed by atoms with van der Waals surface area (Å²) < 4.78 is 17.9. The molecule has 0 bridgehead atoms. The monoisotopic (exact) mass is 289 g/mol. The highest BCUT2D eigenvalue weighted by Crippen LogP contribution is 2.29. The van der Waals surface area contributed by atoms with Crippen molar-refractivity contribution in [2.24, 2.45) is 0 Å². The Bertz CT molecular complexity index is 481. The molecule has 0 saturated carbocycles. The molecule has 0 N–H and O–H groups in total. The lowest BCUT2D eigenvalue weighted by Crippen LogP contribution is -2.05. The lowest BCUT2D eigenvalue weighted by atomic mass is 10.1. The first-order valence-electron chi connectivity index (χ1n) is 5.69. The number of benzene rings is 1. The number of esters is 1. The summed E-state index contributed by atoms with van der Waals surface area (Å²) >= 11 is 6.03. The van der Waals surface area contributed by atoms with Gasteiger partial charge in [-0.1, -0.05) is 6.07 Å². The number of nitro benzene ring substituents is 1. The van der Waals surface area contributed by atoms with Crippen LogP contribution in [0.2, 0.25) is 0 Å². The molecule has 1 atom stereocenters. The van der Waals surface area contributed by atoms with Crippen LogP contribution in [0, 0.1) is 15.9 Å². The molecule has 104 valence electrons. The number of nitro groups is 1. The molecule has 0 heterocycles. The van der Waals surface area contributed by atoms with E-state index in [1.165, 1.54) is 6.07 Å². The first-order valence-corrected chi connectivity index (χ1v) is 6.12. The van der Waals surface area contributed by atoms with E-state index in [0.717, 1.165) is 12.1 Å². The Morgan fingerprint density at radius 2 is 2.26 bits per heavy atom. The van der Waals surface area contributed by atoms with Crippen LogP contribution in [-0.2, 0) is 9.53 Å². The van der Waals surface area contributed by atoms with Crippen LogP contribution in [0.3, 0.4) is 0 Å². The largest absolute Gasteiger partial charge is 0.466 e. The Morgan fingerprint density at radius 3 is 2.84 bits per heavy atom. The average Bonchev–Trinajstić information content (AvgIpc) is 2.36. The number of carbonyl (C=O) groups excluding carboxylic acids is 1. The first kappa shape index (κ1) is 15.4. The lowest BCUT2D eigenvalue weighted by molar-refractivity contribution is -0.387. The number of hydrogen-bond acceptors (Lipinski definition) is 4. The molecule has 0 aliphatic heterocycles.